The summed E-state index contributed by atoms with van der Waals surface area (Å²) in [5.41, 5.74) is 1.82. The molecule has 34 heavy (non-hydrogen) atoms. The zero-order valence-electron chi connectivity index (χ0n) is 19.7. The van der Waals surface area contributed by atoms with E-state index >= 15 is 0 Å². The van der Waals surface area contributed by atoms with Gasteiger partial charge < -0.3 is 14.4 Å². The summed E-state index contributed by atoms with van der Waals surface area (Å²) in [7, 11) is 0. The molecule has 0 N–H and O–H groups in total. The third-order valence-corrected chi connectivity index (χ3v) is 8.32. The van der Waals surface area contributed by atoms with Crippen molar-refractivity contribution in [3.05, 3.63) is 45.1 Å². The van der Waals surface area contributed by atoms with Gasteiger partial charge in [-0.25, -0.2) is 4.98 Å². The Morgan fingerprint density at radius 3 is 2.65 bits per heavy atom. The van der Waals surface area contributed by atoms with Crippen molar-refractivity contribution >= 4 is 39.2 Å². The summed E-state index contributed by atoms with van der Waals surface area (Å²) in [6, 6.07) is 7.49. The number of aryl methyl sites for hydroxylation is 2. The van der Waals surface area contributed by atoms with Crippen molar-refractivity contribution in [3.63, 3.8) is 0 Å². The molecule has 1 aromatic carbocycles. The van der Waals surface area contributed by atoms with Crippen molar-refractivity contribution in [2.75, 3.05) is 25.4 Å². The van der Waals surface area contributed by atoms with Gasteiger partial charge in [0.2, 0.25) is 5.91 Å². The van der Waals surface area contributed by atoms with Gasteiger partial charge in [0.05, 0.1) is 35.6 Å². The minimum absolute atomic E-state index is 0.0164. The molecule has 7 nitrogen and oxygen atoms in total. The van der Waals surface area contributed by atoms with Crippen LogP contribution in [0.4, 0.5) is 0 Å². The quantitative estimate of drug-likeness (QED) is 0.376. The van der Waals surface area contributed by atoms with Crippen LogP contribution in [0.5, 0.6) is 5.75 Å². The number of amides is 1. The molecule has 2 aromatic heterocycles. The van der Waals surface area contributed by atoms with Gasteiger partial charge in [-0.1, -0.05) is 11.8 Å². The van der Waals surface area contributed by atoms with Crippen molar-refractivity contribution in [2.45, 2.75) is 57.4 Å². The Kier molecular flexibility index (Phi) is 6.68. The zero-order chi connectivity index (χ0) is 23.8. The minimum atomic E-state index is -0.0582. The lowest BCUT2D eigenvalue weighted by atomic mass is 10.2. The van der Waals surface area contributed by atoms with Gasteiger partial charge >= 0.3 is 0 Å². The fourth-order valence-corrected chi connectivity index (χ4v) is 7.02. The predicted octanol–water partition coefficient (Wildman–Crippen LogP) is 4.06. The molecule has 2 atom stereocenters. The largest absolute Gasteiger partial charge is 0.494 e. The zero-order valence-corrected chi connectivity index (χ0v) is 21.3. The van der Waals surface area contributed by atoms with E-state index in [9.17, 15) is 9.59 Å². The Morgan fingerprint density at radius 2 is 1.94 bits per heavy atom. The van der Waals surface area contributed by atoms with Crippen LogP contribution in [0.1, 0.15) is 37.6 Å². The van der Waals surface area contributed by atoms with E-state index in [-0.39, 0.29) is 29.4 Å². The Balaban J connectivity index is 1.50. The van der Waals surface area contributed by atoms with E-state index in [0.717, 1.165) is 46.5 Å². The number of hydrogen-bond donors (Lipinski definition) is 0. The van der Waals surface area contributed by atoms with Gasteiger partial charge in [0.25, 0.3) is 5.56 Å². The summed E-state index contributed by atoms with van der Waals surface area (Å²) < 4.78 is 13.0. The highest BCUT2D eigenvalue weighted by atomic mass is 32.2. The molecule has 0 unspecified atom stereocenters. The molecule has 9 heteroatoms. The first-order valence-corrected chi connectivity index (χ1v) is 13.6. The number of fused-ring (bicyclic) bond motifs is 3. The summed E-state index contributed by atoms with van der Waals surface area (Å²) in [6.07, 6.45) is 3.05. The molecule has 180 valence electrons. The fourth-order valence-electron chi connectivity index (χ4n) is 4.81. The highest BCUT2D eigenvalue weighted by Crippen LogP contribution is 2.36. The number of ether oxygens (including phenoxy) is 2. The maximum Gasteiger partial charge on any atom is 0.267 e. The van der Waals surface area contributed by atoms with Gasteiger partial charge in [0.1, 0.15) is 10.6 Å². The summed E-state index contributed by atoms with van der Waals surface area (Å²) in [6.45, 7) is 7.65. The van der Waals surface area contributed by atoms with E-state index in [1.165, 1.54) is 16.6 Å². The van der Waals surface area contributed by atoms with Gasteiger partial charge in [0, 0.05) is 18.0 Å². The lowest BCUT2D eigenvalue weighted by molar-refractivity contribution is -0.140. The smallest absolute Gasteiger partial charge is 0.267 e. The van der Waals surface area contributed by atoms with Crippen LogP contribution in [0.25, 0.3) is 15.9 Å². The molecule has 5 rings (SSSR count). The Hall–Kier alpha value is -2.36. The van der Waals surface area contributed by atoms with Gasteiger partial charge in [-0.3, -0.25) is 14.2 Å². The van der Waals surface area contributed by atoms with Crippen molar-refractivity contribution in [1.29, 1.82) is 0 Å². The number of nitrogens with zero attached hydrogens (tertiary/aromatic N) is 3. The van der Waals surface area contributed by atoms with Crippen molar-refractivity contribution in [1.82, 2.24) is 14.5 Å². The molecule has 0 radical (unpaired) electrons. The second-order valence-corrected chi connectivity index (χ2v) is 10.9. The topological polar surface area (TPSA) is 73.7 Å². The maximum atomic E-state index is 13.8. The molecule has 3 heterocycles. The molecule has 3 aromatic rings. The molecular weight excluding hydrogens is 470 g/mol. The lowest BCUT2D eigenvalue weighted by Gasteiger charge is -2.35. The Morgan fingerprint density at radius 1 is 1.21 bits per heavy atom. The normalized spacial score (nSPS) is 20.0. The maximum absolute atomic E-state index is 13.8. The summed E-state index contributed by atoms with van der Waals surface area (Å²) >= 11 is 2.95. The van der Waals surface area contributed by atoms with E-state index in [2.05, 4.69) is 0 Å². The SMILES string of the molecule is CCOc1ccc(-n2c(SCC(=O)N3C[C@@H](C)O[C@@H](C)C3)nc3sc4c(c3c2=O)CCC4)cc1. The molecule has 1 aliphatic carbocycles. The number of morpholine rings is 1. The summed E-state index contributed by atoms with van der Waals surface area (Å²) in [5, 5.41) is 1.28. The van der Waals surface area contributed by atoms with Crippen molar-refractivity contribution < 1.29 is 14.3 Å². The van der Waals surface area contributed by atoms with Crippen LogP contribution in [0.3, 0.4) is 0 Å². The van der Waals surface area contributed by atoms with Gasteiger partial charge in [-0.2, -0.15) is 0 Å². The summed E-state index contributed by atoms with van der Waals surface area (Å²) in [5.74, 6) is 1.01. The lowest BCUT2D eigenvalue weighted by Crippen LogP contribution is -2.48. The number of thiophene rings is 1. The molecular formula is C25H29N3O4S2. The molecule has 1 aliphatic heterocycles. The third kappa shape index (κ3) is 4.48. The number of benzene rings is 1. The average Bonchev–Trinajstić information content (AvgIpc) is 3.39. The third-order valence-electron chi connectivity index (χ3n) is 6.21. The highest BCUT2D eigenvalue weighted by Gasteiger charge is 2.27. The van der Waals surface area contributed by atoms with Crippen LogP contribution in [0.15, 0.2) is 34.2 Å². The molecule has 0 saturated carbocycles. The van der Waals surface area contributed by atoms with E-state index in [1.807, 2.05) is 49.9 Å². The van der Waals surface area contributed by atoms with E-state index < -0.39 is 0 Å². The number of rotatable bonds is 6. The predicted molar refractivity (Wildman–Crippen MR) is 136 cm³/mol. The summed E-state index contributed by atoms with van der Waals surface area (Å²) in [4.78, 5) is 35.6. The highest BCUT2D eigenvalue weighted by molar-refractivity contribution is 7.99. The number of hydrogen-bond acceptors (Lipinski definition) is 7. The van der Waals surface area contributed by atoms with Crippen molar-refractivity contribution in [2.24, 2.45) is 0 Å². The van der Waals surface area contributed by atoms with Crippen LogP contribution in [0, 0.1) is 0 Å². The van der Waals surface area contributed by atoms with Crippen molar-refractivity contribution in [3.8, 4) is 11.4 Å². The Bertz CT molecular complexity index is 1260. The minimum Gasteiger partial charge on any atom is -0.494 e. The number of aromatic nitrogens is 2. The van der Waals surface area contributed by atoms with Gasteiger partial charge in [0.15, 0.2) is 5.16 Å². The number of thioether (sulfide) groups is 1. The first-order valence-electron chi connectivity index (χ1n) is 11.8. The van der Waals surface area contributed by atoms with Crippen LogP contribution in [0.2, 0.25) is 0 Å². The molecule has 1 amide bonds. The van der Waals surface area contributed by atoms with Crippen LogP contribution in [-0.2, 0) is 22.4 Å². The first kappa shape index (κ1) is 23.4. The van der Waals surface area contributed by atoms with Crippen LogP contribution in [-0.4, -0.2) is 58.0 Å². The van der Waals surface area contributed by atoms with Gasteiger partial charge in [-0.15, -0.1) is 11.3 Å². The van der Waals surface area contributed by atoms with E-state index in [1.54, 1.807) is 15.9 Å². The first-order chi connectivity index (χ1) is 16.4. The monoisotopic (exact) mass is 499 g/mol. The molecule has 2 aliphatic rings. The molecule has 0 spiro atoms. The number of carbonyl (C=O) groups is 1. The van der Waals surface area contributed by atoms with E-state index in [0.29, 0.717) is 24.9 Å². The van der Waals surface area contributed by atoms with E-state index in [4.69, 9.17) is 14.5 Å². The van der Waals surface area contributed by atoms with Crippen LogP contribution >= 0.6 is 23.1 Å². The average molecular weight is 500 g/mol. The number of carbonyl (C=O) groups excluding carboxylic acids is 1. The molecule has 0 bridgehead atoms. The second kappa shape index (κ2) is 9.71. The molecule has 1 fully saturated rings. The fraction of sp³-hybridized carbons (Fsp3) is 0.480. The second-order valence-electron chi connectivity index (χ2n) is 8.84. The molecule has 1 saturated heterocycles. The standard InChI is InChI=1S/C25H29N3O4S2/c1-4-31-18-10-8-17(9-11-18)28-24(30)22-19-6-5-7-20(19)34-23(22)26-25(28)33-14-21(29)27-12-15(2)32-16(3)13-27/h8-11,15-16H,4-7,12-14H2,1-3H3/t15-,16+. The van der Waals surface area contributed by atoms with Crippen LogP contribution < -0.4 is 10.3 Å². The van der Waals surface area contributed by atoms with Gasteiger partial charge in [-0.05, 0) is 69.9 Å². The Labute approximate surface area is 207 Å².